The zero-order valence-corrected chi connectivity index (χ0v) is 22.8. The average Bonchev–Trinajstić information content (AvgIpc) is 2.87. The molecule has 2 nitrogen and oxygen atoms in total. The first kappa shape index (κ1) is 29.1. The van der Waals surface area contributed by atoms with Crippen LogP contribution in [0, 0.1) is 13.8 Å². The van der Waals surface area contributed by atoms with Crippen molar-refractivity contribution in [2.45, 2.75) is 130 Å². The highest BCUT2D eigenvalue weighted by Gasteiger charge is 2.21. The van der Waals surface area contributed by atoms with Crippen LogP contribution in [-0.4, -0.2) is 5.97 Å². The number of carbonyl (C=O) groups excluding carboxylic acids is 1. The lowest BCUT2D eigenvalue weighted by molar-refractivity contribution is -0.147. The fourth-order valence-corrected chi connectivity index (χ4v) is 4.83. The fraction of sp³-hybridized carbons (Fsp3) is 0.606. The Balaban J connectivity index is 1.59. The van der Waals surface area contributed by atoms with Crippen LogP contribution in [0.15, 0.2) is 48.5 Å². The number of ether oxygens (including phenoxy) is 1. The van der Waals surface area contributed by atoms with Crippen LogP contribution in [-0.2, 0) is 9.53 Å². The quantitative estimate of drug-likeness (QED) is 0.148. The van der Waals surface area contributed by atoms with E-state index in [0.29, 0.717) is 6.42 Å². The van der Waals surface area contributed by atoms with E-state index in [1.54, 1.807) is 0 Å². The van der Waals surface area contributed by atoms with Gasteiger partial charge in [0, 0.05) is 12.0 Å². The molecule has 2 rings (SSSR count). The molecule has 0 aliphatic heterocycles. The van der Waals surface area contributed by atoms with Gasteiger partial charge in [0.05, 0.1) is 0 Å². The lowest BCUT2D eigenvalue weighted by Crippen LogP contribution is -2.14. The van der Waals surface area contributed by atoms with E-state index in [2.05, 4.69) is 39.0 Å². The van der Waals surface area contributed by atoms with Crippen LogP contribution < -0.4 is 0 Å². The molecule has 35 heavy (non-hydrogen) atoms. The first-order valence-electron chi connectivity index (χ1n) is 14.4. The fourth-order valence-electron chi connectivity index (χ4n) is 4.83. The maximum atomic E-state index is 12.7. The van der Waals surface area contributed by atoms with E-state index in [4.69, 9.17) is 4.74 Å². The van der Waals surface area contributed by atoms with Crippen molar-refractivity contribution in [1.29, 1.82) is 0 Å². The summed E-state index contributed by atoms with van der Waals surface area (Å²) >= 11 is 0. The summed E-state index contributed by atoms with van der Waals surface area (Å²) in [7, 11) is 0. The smallest absolute Gasteiger partial charge is 0.306 e. The molecule has 2 aromatic rings. The predicted octanol–water partition coefficient (Wildman–Crippen LogP) is 10.2. The second kappa shape index (κ2) is 18.2. The van der Waals surface area contributed by atoms with Crippen molar-refractivity contribution in [3.05, 3.63) is 70.8 Å². The first-order valence-corrected chi connectivity index (χ1v) is 14.4. The maximum absolute atomic E-state index is 12.7. The van der Waals surface area contributed by atoms with E-state index in [9.17, 15) is 4.79 Å². The second-order valence-electron chi connectivity index (χ2n) is 10.3. The molecule has 2 aromatic carbocycles. The number of rotatable bonds is 19. The lowest BCUT2D eigenvalue weighted by atomic mass is 9.94. The molecule has 2 heteroatoms. The Bertz CT molecular complexity index is 811. The molecule has 0 aliphatic rings. The Morgan fingerprint density at radius 2 is 1.17 bits per heavy atom. The van der Waals surface area contributed by atoms with Crippen LogP contribution in [0.5, 0.6) is 0 Å². The number of carbonyl (C=O) groups is 1. The number of hydrogen-bond acceptors (Lipinski definition) is 2. The van der Waals surface area contributed by atoms with Gasteiger partial charge in [-0.15, -0.1) is 0 Å². The van der Waals surface area contributed by atoms with Crippen molar-refractivity contribution in [3.8, 4) is 0 Å². The highest BCUT2D eigenvalue weighted by atomic mass is 16.5. The minimum absolute atomic E-state index is 0.0885. The molecule has 0 spiro atoms. The van der Waals surface area contributed by atoms with Gasteiger partial charge >= 0.3 is 5.97 Å². The maximum Gasteiger partial charge on any atom is 0.306 e. The van der Waals surface area contributed by atoms with Crippen molar-refractivity contribution in [1.82, 2.24) is 0 Å². The van der Waals surface area contributed by atoms with Crippen molar-refractivity contribution < 1.29 is 9.53 Å². The zero-order chi connectivity index (χ0) is 25.1. The Labute approximate surface area is 215 Å². The van der Waals surface area contributed by atoms with Gasteiger partial charge in [0.2, 0.25) is 0 Å². The molecule has 0 fully saturated rings. The normalized spacial score (nSPS) is 12.0. The van der Waals surface area contributed by atoms with E-state index >= 15 is 0 Å². The summed E-state index contributed by atoms with van der Waals surface area (Å²) in [5.41, 5.74) is 4.54. The van der Waals surface area contributed by atoms with Gasteiger partial charge in [-0.3, -0.25) is 4.79 Å². The van der Waals surface area contributed by atoms with Crippen LogP contribution in [0.2, 0.25) is 0 Å². The highest BCUT2D eigenvalue weighted by molar-refractivity contribution is 5.70. The lowest BCUT2D eigenvalue weighted by Gasteiger charge is -2.21. The summed E-state index contributed by atoms with van der Waals surface area (Å²) in [5, 5.41) is 0. The molecule has 0 amide bonds. The van der Waals surface area contributed by atoms with Gasteiger partial charge in [-0.2, -0.15) is 0 Å². The Morgan fingerprint density at radius 3 is 1.71 bits per heavy atom. The second-order valence-corrected chi connectivity index (χ2v) is 10.3. The van der Waals surface area contributed by atoms with Crippen LogP contribution in [0.1, 0.15) is 138 Å². The van der Waals surface area contributed by atoms with Gasteiger partial charge in [-0.05, 0) is 37.0 Å². The predicted molar refractivity (Wildman–Crippen MR) is 150 cm³/mol. The van der Waals surface area contributed by atoms with E-state index in [1.165, 1.54) is 94.6 Å². The Morgan fingerprint density at radius 1 is 0.657 bits per heavy atom. The van der Waals surface area contributed by atoms with Gasteiger partial charge < -0.3 is 4.74 Å². The van der Waals surface area contributed by atoms with Crippen molar-refractivity contribution >= 4 is 5.97 Å². The minimum atomic E-state index is -0.333. The first-order chi connectivity index (χ1) is 17.1. The summed E-state index contributed by atoms with van der Waals surface area (Å²) in [6.45, 7) is 6.51. The SMILES string of the molecule is CCCCCCCCCCCCCCCCCC(=O)OC(c1ccccc1)c1cccc(C)c1C. The van der Waals surface area contributed by atoms with Crippen LogP contribution in [0.3, 0.4) is 0 Å². The monoisotopic (exact) mass is 478 g/mol. The summed E-state index contributed by atoms with van der Waals surface area (Å²) in [5.74, 6) is -0.0885. The molecule has 0 aromatic heterocycles. The van der Waals surface area contributed by atoms with Gasteiger partial charge in [0.15, 0.2) is 6.10 Å². The van der Waals surface area contributed by atoms with Gasteiger partial charge in [0.1, 0.15) is 0 Å². The van der Waals surface area contributed by atoms with Crippen LogP contribution >= 0.6 is 0 Å². The molecule has 0 aliphatic carbocycles. The molecule has 0 saturated carbocycles. The Kier molecular flexibility index (Phi) is 15.2. The van der Waals surface area contributed by atoms with Crippen LogP contribution in [0.25, 0.3) is 0 Å². The summed E-state index contributed by atoms with van der Waals surface area (Å²) in [6, 6.07) is 16.4. The molecule has 194 valence electrons. The van der Waals surface area contributed by atoms with Crippen molar-refractivity contribution in [2.75, 3.05) is 0 Å². The third-order valence-electron chi connectivity index (χ3n) is 7.27. The van der Waals surface area contributed by atoms with E-state index in [0.717, 1.165) is 24.0 Å². The van der Waals surface area contributed by atoms with Gasteiger partial charge in [0.25, 0.3) is 0 Å². The molecule has 0 radical (unpaired) electrons. The largest absolute Gasteiger partial charge is 0.453 e. The third-order valence-corrected chi connectivity index (χ3v) is 7.27. The summed E-state index contributed by atoms with van der Waals surface area (Å²) in [4.78, 5) is 12.7. The molecule has 0 N–H and O–H groups in total. The molecule has 0 bridgehead atoms. The highest BCUT2D eigenvalue weighted by Crippen LogP contribution is 2.30. The zero-order valence-electron chi connectivity index (χ0n) is 22.8. The topological polar surface area (TPSA) is 26.3 Å². The average molecular weight is 479 g/mol. The minimum Gasteiger partial charge on any atom is -0.453 e. The number of aryl methyl sites for hydroxylation is 1. The number of unbranched alkanes of at least 4 members (excludes halogenated alkanes) is 14. The third kappa shape index (κ3) is 11.9. The molecule has 0 heterocycles. The van der Waals surface area contributed by atoms with Gasteiger partial charge in [-0.25, -0.2) is 0 Å². The molecular formula is C33H50O2. The summed E-state index contributed by atoms with van der Waals surface area (Å²) in [6.07, 6.45) is 20.1. The standard InChI is InChI=1S/C33H50O2/c1-4-5-6-7-8-9-10-11-12-13-14-15-16-17-21-27-32(34)35-33(30-24-19-18-20-25-30)31-26-22-23-28(2)29(31)3/h18-20,22-26,33H,4-17,21,27H2,1-3H3. The molecule has 1 atom stereocenters. The molecule has 1 unspecified atom stereocenters. The Hall–Kier alpha value is -2.09. The molecular weight excluding hydrogens is 428 g/mol. The number of benzene rings is 2. The van der Waals surface area contributed by atoms with Gasteiger partial charge in [-0.1, -0.05) is 145 Å². The van der Waals surface area contributed by atoms with Crippen molar-refractivity contribution in [2.24, 2.45) is 0 Å². The summed E-state index contributed by atoms with van der Waals surface area (Å²) < 4.78 is 6.04. The van der Waals surface area contributed by atoms with E-state index < -0.39 is 0 Å². The van der Waals surface area contributed by atoms with Crippen LogP contribution in [0.4, 0.5) is 0 Å². The number of esters is 1. The van der Waals surface area contributed by atoms with E-state index in [-0.39, 0.29) is 12.1 Å². The number of hydrogen-bond donors (Lipinski definition) is 0. The van der Waals surface area contributed by atoms with Crippen molar-refractivity contribution in [3.63, 3.8) is 0 Å². The van der Waals surface area contributed by atoms with E-state index in [1.807, 2.05) is 30.3 Å². The molecule has 0 saturated heterocycles.